The number of ether oxygens (including phenoxy) is 1. The Morgan fingerprint density at radius 2 is 2.06 bits per heavy atom. The standard InChI is InChI=1S/C23H27N5O2S/c1-3-30-20-10-8-19(9-11-20)28-22(18-7-4-12-24-14-18)25-26-23(28)31-16-21(29)27-13-5-6-17(2)15-27/h4,7-12,14,17H,3,5-6,13,15-16H2,1-2H3. The predicted octanol–water partition coefficient (Wildman–Crippen LogP) is 4.08. The van der Waals surface area contributed by atoms with Crippen LogP contribution in [0.5, 0.6) is 5.75 Å². The Labute approximate surface area is 186 Å². The van der Waals surface area contributed by atoms with Crippen LogP contribution in [0.25, 0.3) is 17.1 Å². The maximum absolute atomic E-state index is 12.8. The molecular formula is C23H27N5O2S. The summed E-state index contributed by atoms with van der Waals surface area (Å²) in [6, 6.07) is 11.6. The highest BCUT2D eigenvalue weighted by Gasteiger charge is 2.23. The van der Waals surface area contributed by atoms with Crippen LogP contribution < -0.4 is 4.74 Å². The van der Waals surface area contributed by atoms with Crippen molar-refractivity contribution < 1.29 is 9.53 Å². The third-order valence-corrected chi connectivity index (χ3v) is 6.21. The number of hydrogen-bond acceptors (Lipinski definition) is 6. The van der Waals surface area contributed by atoms with E-state index in [1.54, 1.807) is 12.4 Å². The van der Waals surface area contributed by atoms with E-state index in [-0.39, 0.29) is 5.91 Å². The van der Waals surface area contributed by atoms with E-state index in [1.165, 1.54) is 18.2 Å². The Hall–Kier alpha value is -2.87. The molecule has 1 unspecified atom stereocenters. The van der Waals surface area contributed by atoms with Gasteiger partial charge in [0.05, 0.1) is 12.4 Å². The quantitative estimate of drug-likeness (QED) is 0.519. The lowest BCUT2D eigenvalue weighted by molar-refractivity contribution is -0.130. The molecule has 0 N–H and O–H groups in total. The van der Waals surface area contributed by atoms with Crippen molar-refractivity contribution in [1.82, 2.24) is 24.6 Å². The van der Waals surface area contributed by atoms with Crippen LogP contribution >= 0.6 is 11.8 Å². The molecule has 1 atom stereocenters. The second-order valence-electron chi connectivity index (χ2n) is 7.69. The number of carbonyl (C=O) groups is 1. The third kappa shape index (κ3) is 5.07. The number of aromatic nitrogens is 4. The molecule has 0 bridgehead atoms. The molecule has 0 aliphatic carbocycles. The first-order valence-corrected chi connectivity index (χ1v) is 11.6. The van der Waals surface area contributed by atoms with E-state index in [0.29, 0.717) is 29.3 Å². The van der Waals surface area contributed by atoms with E-state index in [4.69, 9.17) is 4.74 Å². The summed E-state index contributed by atoms with van der Waals surface area (Å²) in [4.78, 5) is 19.0. The molecule has 0 saturated carbocycles. The number of amides is 1. The van der Waals surface area contributed by atoms with E-state index >= 15 is 0 Å². The zero-order chi connectivity index (χ0) is 21.6. The molecule has 8 heteroatoms. The molecule has 7 nitrogen and oxygen atoms in total. The lowest BCUT2D eigenvalue weighted by Crippen LogP contribution is -2.40. The number of likely N-dealkylation sites (tertiary alicyclic amines) is 1. The highest BCUT2D eigenvalue weighted by Crippen LogP contribution is 2.29. The summed E-state index contributed by atoms with van der Waals surface area (Å²) in [7, 11) is 0. The van der Waals surface area contributed by atoms with Crippen molar-refractivity contribution in [2.75, 3.05) is 25.4 Å². The fraction of sp³-hybridized carbons (Fsp3) is 0.391. The molecule has 1 saturated heterocycles. The van der Waals surface area contributed by atoms with E-state index < -0.39 is 0 Å². The van der Waals surface area contributed by atoms with Crippen LogP contribution in [0.2, 0.25) is 0 Å². The molecule has 162 valence electrons. The van der Waals surface area contributed by atoms with Crippen molar-refractivity contribution >= 4 is 17.7 Å². The second-order valence-corrected chi connectivity index (χ2v) is 8.63. The number of nitrogens with zero attached hydrogens (tertiary/aromatic N) is 5. The van der Waals surface area contributed by atoms with Gasteiger partial charge in [0.1, 0.15) is 5.75 Å². The molecule has 3 heterocycles. The highest BCUT2D eigenvalue weighted by atomic mass is 32.2. The topological polar surface area (TPSA) is 73.1 Å². The van der Waals surface area contributed by atoms with Gasteiger partial charge in [-0.1, -0.05) is 18.7 Å². The average molecular weight is 438 g/mol. The van der Waals surface area contributed by atoms with E-state index in [0.717, 1.165) is 36.5 Å². The summed E-state index contributed by atoms with van der Waals surface area (Å²) >= 11 is 1.42. The number of pyridine rings is 1. The van der Waals surface area contributed by atoms with Gasteiger partial charge in [-0.05, 0) is 62.1 Å². The number of thioether (sulfide) groups is 1. The van der Waals surface area contributed by atoms with Gasteiger partial charge >= 0.3 is 0 Å². The summed E-state index contributed by atoms with van der Waals surface area (Å²) in [6.07, 6.45) is 5.77. The molecule has 2 aromatic heterocycles. The number of benzene rings is 1. The molecule has 0 spiro atoms. The fourth-order valence-corrected chi connectivity index (χ4v) is 4.62. The van der Waals surface area contributed by atoms with Crippen molar-refractivity contribution in [2.24, 2.45) is 5.92 Å². The number of hydrogen-bond donors (Lipinski definition) is 0. The minimum Gasteiger partial charge on any atom is -0.494 e. The van der Waals surface area contributed by atoms with Gasteiger partial charge in [-0.15, -0.1) is 10.2 Å². The van der Waals surface area contributed by atoms with Gasteiger partial charge in [0, 0.05) is 36.7 Å². The van der Waals surface area contributed by atoms with Gasteiger partial charge in [-0.25, -0.2) is 0 Å². The largest absolute Gasteiger partial charge is 0.494 e. The van der Waals surface area contributed by atoms with Crippen LogP contribution in [-0.2, 0) is 4.79 Å². The summed E-state index contributed by atoms with van der Waals surface area (Å²) in [5.41, 5.74) is 1.78. The Morgan fingerprint density at radius 3 is 2.77 bits per heavy atom. The third-order valence-electron chi connectivity index (χ3n) is 5.29. The first kappa shape index (κ1) is 21.4. The fourth-order valence-electron chi connectivity index (χ4n) is 3.77. The van der Waals surface area contributed by atoms with Crippen molar-refractivity contribution in [3.63, 3.8) is 0 Å². The van der Waals surface area contributed by atoms with E-state index in [1.807, 2.05) is 52.8 Å². The molecule has 1 aliphatic heterocycles. The molecule has 4 rings (SSSR count). The molecule has 0 radical (unpaired) electrons. The van der Waals surface area contributed by atoms with E-state index in [2.05, 4.69) is 22.1 Å². The van der Waals surface area contributed by atoms with Gasteiger partial charge in [-0.2, -0.15) is 0 Å². The van der Waals surface area contributed by atoms with Gasteiger partial charge in [0.15, 0.2) is 11.0 Å². The van der Waals surface area contributed by atoms with Gasteiger partial charge in [-0.3, -0.25) is 14.3 Å². The minimum atomic E-state index is 0.153. The van der Waals surface area contributed by atoms with Crippen LogP contribution in [0.3, 0.4) is 0 Å². The molecule has 1 amide bonds. The Kier molecular flexibility index (Phi) is 6.86. The van der Waals surface area contributed by atoms with Crippen molar-refractivity contribution in [3.05, 3.63) is 48.8 Å². The van der Waals surface area contributed by atoms with Crippen LogP contribution in [0.4, 0.5) is 0 Å². The highest BCUT2D eigenvalue weighted by molar-refractivity contribution is 7.99. The van der Waals surface area contributed by atoms with Gasteiger partial charge < -0.3 is 9.64 Å². The van der Waals surface area contributed by atoms with Crippen molar-refractivity contribution in [1.29, 1.82) is 0 Å². The van der Waals surface area contributed by atoms with E-state index in [9.17, 15) is 4.79 Å². The summed E-state index contributed by atoms with van der Waals surface area (Å²) in [6.45, 7) is 6.46. The monoisotopic (exact) mass is 437 g/mol. The van der Waals surface area contributed by atoms with Crippen LogP contribution in [0.15, 0.2) is 53.9 Å². The maximum atomic E-state index is 12.8. The SMILES string of the molecule is CCOc1ccc(-n2c(SCC(=O)N3CCCC(C)C3)nnc2-c2cccnc2)cc1. The molecule has 1 fully saturated rings. The minimum absolute atomic E-state index is 0.153. The molecule has 1 aliphatic rings. The van der Waals surface area contributed by atoms with Gasteiger partial charge in [0.2, 0.25) is 5.91 Å². The Balaban J connectivity index is 1.60. The van der Waals surface area contributed by atoms with Crippen LogP contribution in [-0.4, -0.2) is 56.0 Å². The van der Waals surface area contributed by atoms with Crippen LogP contribution in [0.1, 0.15) is 26.7 Å². The molecule has 1 aromatic carbocycles. The number of carbonyl (C=O) groups excluding carboxylic acids is 1. The predicted molar refractivity (Wildman–Crippen MR) is 121 cm³/mol. The Bertz CT molecular complexity index is 1010. The smallest absolute Gasteiger partial charge is 0.233 e. The molecule has 31 heavy (non-hydrogen) atoms. The normalized spacial score (nSPS) is 16.3. The van der Waals surface area contributed by atoms with Crippen LogP contribution in [0, 0.1) is 5.92 Å². The summed E-state index contributed by atoms with van der Waals surface area (Å²) in [5.74, 6) is 2.56. The first-order chi connectivity index (χ1) is 15.2. The Morgan fingerprint density at radius 1 is 1.23 bits per heavy atom. The maximum Gasteiger partial charge on any atom is 0.233 e. The molecular weight excluding hydrogens is 410 g/mol. The average Bonchev–Trinajstić information content (AvgIpc) is 3.23. The molecule has 3 aromatic rings. The lowest BCUT2D eigenvalue weighted by atomic mass is 10.0. The lowest BCUT2D eigenvalue weighted by Gasteiger charge is -2.30. The first-order valence-electron chi connectivity index (χ1n) is 10.7. The zero-order valence-electron chi connectivity index (χ0n) is 17.9. The zero-order valence-corrected chi connectivity index (χ0v) is 18.7. The second kappa shape index (κ2) is 9.96. The number of piperidine rings is 1. The van der Waals surface area contributed by atoms with Crippen molar-refractivity contribution in [3.8, 4) is 22.8 Å². The summed E-state index contributed by atoms with van der Waals surface area (Å²) < 4.78 is 7.55. The number of rotatable bonds is 7. The summed E-state index contributed by atoms with van der Waals surface area (Å²) in [5, 5.41) is 9.51. The van der Waals surface area contributed by atoms with Crippen molar-refractivity contribution in [2.45, 2.75) is 31.8 Å². The van der Waals surface area contributed by atoms with Gasteiger partial charge in [0.25, 0.3) is 0 Å².